The number of nitrogens with zero attached hydrogens (tertiary/aromatic N) is 2. The third-order valence-electron chi connectivity index (χ3n) is 8.84. The molecule has 0 aliphatic rings. The van der Waals surface area contributed by atoms with Crippen LogP contribution in [0.4, 0.5) is 34.1 Å². The van der Waals surface area contributed by atoms with Crippen molar-refractivity contribution in [3.05, 3.63) is 204 Å². The number of anilines is 6. The van der Waals surface area contributed by atoms with Crippen LogP contribution in [0.2, 0.25) is 0 Å². The van der Waals surface area contributed by atoms with Gasteiger partial charge in [-0.1, -0.05) is 137 Å². The Balaban J connectivity index is 1.22. The lowest BCUT2D eigenvalue weighted by atomic mass is 10.0. The van der Waals surface area contributed by atoms with E-state index in [1.807, 2.05) is 114 Å². The summed E-state index contributed by atoms with van der Waals surface area (Å²) in [6.45, 7) is 0. The smallest absolute Gasteiger partial charge is 0.135 e. The molecule has 0 spiro atoms. The Labute approximate surface area is 325 Å². The van der Waals surface area contributed by atoms with Crippen LogP contribution in [-0.4, -0.2) is 0 Å². The Kier molecular flexibility index (Phi) is 5.94. The molecule has 0 aliphatic heterocycles. The average Bonchev–Trinajstić information content (AvgIpc) is 3.66. The molecule has 4 heteroatoms. The predicted molar refractivity (Wildman–Crippen MR) is 222 cm³/mol. The molecule has 8 aromatic carbocycles. The van der Waals surface area contributed by atoms with Gasteiger partial charge in [-0.2, -0.15) is 0 Å². The summed E-state index contributed by atoms with van der Waals surface area (Å²) in [5.41, 5.74) is 7.26. The molecular weight excluding hydrogens is 700 g/mol. The van der Waals surface area contributed by atoms with Crippen LogP contribution in [0, 0.1) is 0 Å². The maximum absolute atomic E-state index is 8.58. The van der Waals surface area contributed by atoms with Crippen molar-refractivity contribution in [1.82, 2.24) is 0 Å². The van der Waals surface area contributed by atoms with Crippen LogP contribution < -0.4 is 9.80 Å². The SMILES string of the molecule is [2H]c1c([2H])c([2H])c(-c2ccc(N(c3ccc(-c4c([2H])c([2H])c([2H])c([2H])c4[2H])cc3)c3cc(Br)cc(N(c4ccccc4)c4ccc5oc6ccccc6c5c4)c3)cc2)c([2H])c1[2H]. The minimum Gasteiger partial charge on any atom is -0.456 e. The first-order valence-electron chi connectivity index (χ1n) is 21.5. The van der Waals surface area contributed by atoms with Crippen molar-refractivity contribution in [3.63, 3.8) is 0 Å². The Hall–Kier alpha value is -6.36. The Morgan fingerprint density at radius 1 is 0.385 bits per heavy atom. The van der Waals surface area contributed by atoms with Crippen molar-refractivity contribution in [2.75, 3.05) is 9.80 Å². The van der Waals surface area contributed by atoms with Crippen LogP contribution in [0.5, 0.6) is 0 Å². The summed E-state index contributed by atoms with van der Waals surface area (Å²) in [6, 6.07) is 40.4. The zero-order chi connectivity index (χ0) is 43.6. The number of rotatable bonds is 8. The molecule has 0 radical (unpaired) electrons. The van der Waals surface area contributed by atoms with Crippen LogP contribution in [0.1, 0.15) is 13.7 Å². The van der Waals surface area contributed by atoms with Crippen molar-refractivity contribution in [1.29, 1.82) is 0 Å². The van der Waals surface area contributed by atoms with Gasteiger partial charge in [0, 0.05) is 49.4 Å². The quantitative estimate of drug-likeness (QED) is 0.155. The Morgan fingerprint density at radius 3 is 1.46 bits per heavy atom. The molecule has 0 amide bonds. The summed E-state index contributed by atoms with van der Waals surface area (Å²) in [7, 11) is 0. The maximum atomic E-state index is 8.58. The molecule has 3 nitrogen and oxygen atoms in total. The van der Waals surface area contributed by atoms with Crippen molar-refractivity contribution >= 4 is 72.0 Å². The molecule has 248 valence electrons. The van der Waals surface area contributed by atoms with Crippen LogP contribution in [0.15, 0.2) is 209 Å². The second-order valence-electron chi connectivity index (χ2n) is 12.0. The number of hydrogen-bond donors (Lipinski definition) is 0. The van der Waals surface area contributed by atoms with Gasteiger partial charge < -0.3 is 14.2 Å². The summed E-state index contributed by atoms with van der Waals surface area (Å²) in [6.07, 6.45) is 0. The highest BCUT2D eigenvalue weighted by Crippen LogP contribution is 2.44. The highest BCUT2D eigenvalue weighted by Gasteiger charge is 2.20. The monoisotopic (exact) mass is 742 g/mol. The normalized spacial score (nSPS) is 13.9. The molecule has 9 aromatic rings. The highest BCUT2D eigenvalue weighted by atomic mass is 79.9. The molecule has 0 N–H and O–H groups in total. The van der Waals surface area contributed by atoms with Crippen molar-refractivity contribution in [2.45, 2.75) is 0 Å². The molecule has 0 saturated carbocycles. The summed E-state index contributed by atoms with van der Waals surface area (Å²) in [5, 5.41) is 1.96. The van der Waals surface area contributed by atoms with Gasteiger partial charge >= 0.3 is 0 Å². The van der Waals surface area contributed by atoms with Crippen LogP contribution in [0.3, 0.4) is 0 Å². The minimum atomic E-state index is -0.466. The highest BCUT2D eigenvalue weighted by molar-refractivity contribution is 9.10. The first kappa shape index (κ1) is 22.5. The molecule has 0 aliphatic carbocycles. The first-order chi connectivity index (χ1) is 29.8. The lowest BCUT2D eigenvalue weighted by Gasteiger charge is -2.30. The van der Waals surface area contributed by atoms with E-state index in [4.69, 9.17) is 18.1 Å². The lowest BCUT2D eigenvalue weighted by molar-refractivity contribution is 0.669. The Morgan fingerprint density at radius 2 is 0.865 bits per heavy atom. The van der Waals surface area contributed by atoms with E-state index in [1.54, 1.807) is 24.3 Å². The molecule has 0 bridgehead atoms. The predicted octanol–water partition coefficient (Wildman–Crippen LogP) is 14.6. The molecule has 0 atom stereocenters. The average molecular weight is 744 g/mol. The van der Waals surface area contributed by atoms with Crippen molar-refractivity contribution < 1.29 is 18.1 Å². The minimum absolute atomic E-state index is 0.0858. The van der Waals surface area contributed by atoms with Crippen LogP contribution >= 0.6 is 15.9 Å². The van der Waals surface area contributed by atoms with Crippen molar-refractivity contribution in [3.8, 4) is 22.3 Å². The molecular formula is C48H33BrN2O. The van der Waals surface area contributed by atoms with Crippen LogP contribution in [-0.2, 0) is 0 Å². The van der Waals surface area contributed by atoms with Gasteiger partial charge in [0.05, 0.1) is 13.7 Å². The number of hydrogen-bond acceptors (Lipinski definition) is 3. The summed E-state index contributed by atoms with van der Waals surface area (Å²) in [5.74, 6) is 0. The van der Waals surface area contributed by atoms with E-state index < -0.39 is 36.3 Å². The molecule has 1 aromatic heterocycles. The van der Waals surface area contributed by atoms with Gasteiger partial charge in [-0.15, -0.1) is 0 Å². The number of para-hydroxylation sites is 2. The van der Waals surface area contributed by atoms with E-state index in [2.05, 4.69) is 26.9 Å². The second kappa shape index (κ2) is 13.7. The van der Waals surface area contributed by atoms with E-state index in [9.17, 15) is 0 Å². The van der Waals surface area contributed by atoms with Gasteiger partial charge in [-0.3, -0.25) is 0 Å². The van der Waals surface area contributed by atoms with Gasteiger partial charge in [0.1, 0.15) is 11.2 Å². The zero-order valence-corrected chi connectivity index (χ0v) is 29.0. The zero-order valence-electron chi connectivity index (χ0n) is 37.5. The number of halogens is 1. The van der Waals surface area contributed by atoms with E-state index in [0.29, 0.717) is 22.5 Å². The third kappa shape index (κ3) is 6.14. The second-order valence-corrected chi connectivity index (χ2v) is 13.0. The first-order valence-corrected chi connectivity index (χ1v) is 17.3. The summed E-state index contributed by atoms with van der Waals surface area (Å²) < 4.78 is 90.4. The van der Waals surface area contributed by atoms with Gasteiger partial charge in [0.2, 0.25) is 0 Å². The molecule has 1 heterocycles. The fourth-order valence-electron chi connectivity index (χ4n) is 6.48. The molecule has 52 heavy (non-hydrogen) atoms. The third-order valence-corrected chi connectivity index (χ3v) is 9.30. The topological polar surface area (TPSA) is 19.6 Å². The summed E-state index contributed by atoms with van der Waals surface area (Å²) in [4.78, 5) is 4.14. The van der Waals surface area contributed by atoms with Gasteiger partial charge in [-0.05, 0) is 101 Å². The van der Waals surface area contributed by atoms with Crippen LogP contribution in [0.25, 0.3) is 44.2 Å². The molecule has 0 fully saturated rings. The van der Waals surface area contributed by atoms with Gasteiger partial charge in [0.25, 0.3) is 0 Å². The standard InChI is InChI=1S/C48H33BrN2O/c49-38-30-43(32-44(31-38)51(39-16-8-3-9-17-39)42-28-29-48-46(33-42)45-18-10-11-19-47(45)52-48)50(40-24-20-36(21-25-40)34-12-4-1-5-13-34)41-26-22-37(23-27-41)35-14-6-2-7-15-35/h1-33H/i1D,2D,4D,5D,6D,7D,12D,13D,14D,15D. The van der Waals surface area contributed by atoms with E-state index in [0.717, 1.165) is 49.2 Å². The van der Waals surface area contributed by atoms with Gasteiger partial charge in [-0.25, -0.2) is 0 Å². The fraction of sp³-hybridized carbons (Fsp3) is 0. The fourth-order valence-corrected chi connectivity index (χ4v) is 6.95. The lowest BCUT2D eigenvalue weighted by Crippen LogP contribution is -2.13. The van der Waals surface area contributed by atoms with E-state index in [1.165, 1.54) is 0 Å². The molecule has 9 rings (SSSR count). The Bertz CT molecular complexity index is 3040. The van der Waals surface area contributed by atoms with Crippen molar-refractivity contribution in [2.24, 2.45) is 0 Å². The number of benzene rings is 8. The number of fused-ring (bicyclic) bond motifs is 3. The van der Waals surface area contributed by atoms with Gasteiger partial charge in [0.15, 0.2) is 0 Å². The molecule has 0 saturated heterocycles. The van der Waals surface area contributed by atoms with E-state index >= 15 is 0 Å². The molecule has 0 unspecified atom stereocenters. The van der Waals surface area contributed by atoms with E-state index in [-0.39, 0.29) is 35.3 Å². The largest absolute Gasteiger partial charge is 0.456 e. The number of furan rings is 1. The maximum Gasteiger partial charge on any atom is 0.135 e. The summed E-state index contributed by atoms with van der Waals surface area (Å²) >= 11 is 3.81.